The van der Waals surface area contributed by atoms with Gasteiger partial charge >= 0.3 is 0 Å². The number of carbonyl (C=O) groups excluding carboxylic acids is 1. The summed E-state index contributed by atoms with van der Waals surface area (Å²) < 4.78 is 5.96. The van der Waals surface area contributed by atoms with Crippen LogP contribution in [0.1, 0.15) is 68.4 Å². The molecular formula is C29H31N3O2S. The second kappa shape index (κ2) is 10.0. The molecule has 0 bridgehead atoms. The second-order valence-electron chi connectivity index (χ2n) is 9.87. The van der Waals surface area contributed by atoms with Gasteiger partial charge in [0.2, 0.25) is 5.89 Å². The van der Waals surface area contributed by atoms with E-state index in [2.05, 4.69) is 62.4 Å². The molecule has 35 heavy (non-hydrogen) atoms. The molecule has 0 aliphatic rings. The highest BCUT2D eigenvalue weighted by Gasteiger charge is 2.15. The van der Waals surface area contributed by atoms with Crippen LogP contribution in [-0.2, 0) is 5.41 Å². The molecule has 0 aliphatic heterocycles. The summed E-state index contributed by atoms with van der Waals surface area (Å²) in [7, 11) is 0. The fourth-order valence-corrected chi connectivity index (χ4v) is 3.98. The van der Waals surface area contributed by atoms with Gasteiger partial charge in [-0.2, -0.15) is 0 Å². The fourth-order valence-electron chi connectivity index (χ4n) is 3.77. The monoisotopic (exact) mass is 485 g/mol. The van der Waals surface area contributed by atoms with Crippen molar-refractivity contribution in [3.63, 3.8) is 0 Å². The number of hydrogen-bond acceptors (Lipinski definition) is 4. The summed E-state index contributed by atoms with van der Waals surface area (Å²) in [6, 6.07) is 21.4. The molecule has 3 aromatic carbocycles. The quantitative estimate of drug-likeness (QED) is 0.288. The van der Waals surface area contributed by atoms with Gasteiger partial charge in [-0.25, -0.2) is 4.98 Å². The third kappa shape index (κ3) is 5.77. The minimum atomic E-state index is -0.247. The van der Waals surface area contributed by atoms with Crippen molar-refractivity contribution in [1.82, 2.24) is 10.3 Å². The predicted molar refractivity (Wildman–Crippen MR) is 147 cm³/mol. The molecule has 180 valence electrons. The van der Waals surface area contributed by atoms with Gasteiger partial charge < -0.3 is 9.73 Å². The number of thiocarbonyl (C=S) groups is 1. The van der Waals surface area contributed by atoms with E-state index in [4.69, 9.17) is 16.6 Å². The van der Waals surface area contributed by atoms with Gasteiger partial charge in [0.25, 0.3) is 5.91 Å². The minimum absolute atomic E-state index is 0.0342. The van der Waals surface area contributed by atoms with Gasteiger partial charge in [0, 0.05) is 16.8 Å². The predicted octanol–water partition coefficient (Wildman–Crippen LogP) is 7.43. The van der Waals surface area contributed by atoms with E-state index in [1.165, 1.54) is 11.1 Å². The van der Waals surface area contributed by atoms with E-state index in [1.807, 2.05) is 54.6 Å². The lowest BCUT2D eigenvalue weighted by Gasteiger charge is -2.19. The first kappa shape index (κ1) is 24.6. The van der Waals surface area contributed by atoms with Gasteiger partial charge in [0.05, 0.1) is 0 Å². The van der Waals surface area contributed by atoms with E-state index in [9.17, 15) is 4.79 Å². The molecule has 1 amide bonds. The van der Waals surface area contributed by atoms with Crippen molar-refractivity contribution in [3.8, 4) is 11.5 Å². The molecule has 1 aromatic heterocycles. The average molecular weight is 486 g/mol. The Morgan fingerprint density at radius 2 is 1.71 bits per heavy atom. The summed E-state index contributed by atoms with van der Waals surface area (Å²) in [6.07, 6.45) is 1.08. The normalized spacial score (nSPS) is 12.4. The Kier molecular flexibility index (Phi) is 7.03. The van der Waals surface area contributed by atoms with Crippen LogP contribution in [0.15, 0.2) is 71.1 Å². The van der Waals surface area contributed by atoms with Gasteiger partial charge in [-0.3, -0.25) is 10.1 Å². The second-order valence-corrected chi connectivity index (χ2v) is 10.3. The van der Waals surface area contributed by atoms with Crippen molar-refractivity contribution in [1.29, 1.82) is 0 Å². The maximum Gasteiger partial charge on any atom is 0.257 e. The zero-order chi connectivity index (χ0) is 25.2. The molecule has 4 rings (SSSR count). The molecule has 0 unspecified atom stereocenters. The Hall–Kier alpha value is -3.51. The number of aromatic nitrogens is 1. The molecular weight excluding hydrogens is 454 g/mol. The molecule has 6 heteroatoms. The van der Waals surface area contributed by atoms with Crippen LogP contribution >= 0.6 is 12.2 Å². The summed E-state index contributed by atoms with van der Waals surface area (Å²) in [4.78, 5) is 17.2. The molecule has 2 N–H and O–H groups in total. The number of nitrogens with zero attached hydrogens (tertiary/aromatic N) is 1. The maximum absolute atomic E-state index is 12.6. The van der Waals surface area contributed by atoms with Crippen molar-refractivity contribution in [2.75, 3.05) is 5.32 Å². The molecule has 1 atom stereocenters. The van der Waals surface area contributed by atoms with Crippen molar-refractivity contribution in [3.05, 3.63) is 83.4 Å². The fraction of sp³-hybridized carbons (Fsp3) is 0.276. The van der Waals surface area contributed by atoms with E-state index in [1.54, 1.807) is 0 Å². The third-order valence-electron chi connectivity index (χ3n) is 6.22. The first-order valence-electron chi connectivity index (χ1n) is 11.9. The molecule has 4 aromatic rings. The Morgan fingerprint density at radius 1 is 1.03 bits per heavy atom. The molecule has 0 aliphatic carbocycles. The minimum Gasteiger partial charge on any atom is -0.436 e. The largest absolute Gasteiger partial charge is 0.436 e. The summed E-state index contributed by atoms with van der Waals surface area (Å²) in [5, 5.41) is 6.03. The number of fused-ring (bicyclic) bond motifs is 1. The third-order valence-corrected chi connectivity index (χ3v) is 6.43. The Labute approximate surface area is 212 Å². The lowest BCUT2D eigenvalue weighted by molar-refractivity contribution is 0.0977. The van der Waals surface area contributed by atoms with Crippen LogP contribution in [0.3, 0.4) is 0 Å². The number of rotatable bonds is 5. The summed E-state index contributed by atoms with van der Waals surface area (Å²) in [6.45, 7) is 10.8. The van der Waals surface area contributed by atoms with Gasteiger partial charge in [-0.1, -0.05) is 52.8 Å². The van der Waals surface area contributed by atoms with Crippen LogP contribution < -0.4 is 10.6 Å². The smallest absolute Gasteiger partial charge is 0.257 e. The average Bonchev–Trinajstić information content (AvgIpc) is 3.27. The highest BCUT2D eigenvalue weighted by atomic mass is 32.1. The zero-order valence-corrected chi connectivity index (χ0v) is 21.6. The van der Waals surface area contributed by atoms with Crippen LogP contribution in [-0.4, -0.2) is 16.0 Å². The summed E-state index contributed by atoms with van der Waals surface area (Å²) in [5.74, 6) is 0.808. The molecule has 5 nitrogen and oxygen atoms in total. The first-order chi connectivity index (χ1) is 16.6. The molecule has 0 radical (unpaired) electrons. The number of hydrogen-bond donors (Lipinski definition) is 2. The van der Waals surface area contributed by atoms with Crippen LogP contribution in [0, 0.1) is 0 Å². The van der Waals surface area contributed by atoms with Crippen LogP contribution in [0.5, 0.6) is 0 Å². The molecule has 0 saturated heterocycles. The number of oxazole rings is 1. The maximum atomic E-state index is 12.6. The van der Waals surface area contributed by atoms with Crippen LogP contribution in [0.25, 0.3) is 22.6 Å². The Morgan fingerprint density at radius 3 is 2.34 bits per heavy atom. The highest BCUT2D eigenvalue weighted by Crippen LogP contribution is 2.28. The number of anilines is 1. The van der Waals surface area contributed by atoms with Crippen molar-refractivity contribution < 1.29 is 9.21 Å². The highest BCUT2D eigenvalue weighted by molar-refractivity contribution is 7.80. The van der Waals surface area contributed by atoms with Crippen molar-refractivity contribution in [2.45, 2.75) is 52.4 Å². The van der Waals surface area contributed by atoms with Crippen LogP contribution in [0.4, 0.5) is 5.69 Å². The topological polar surface area (TPSA) is 67.2 Å². The standard InChI is InChI=1S/C29H31N3O2S/c1-6-18(2)21-11-16-25-24(17-21)31-27(34-25)20-9-14-23(15-10-20)30-28(35)32-26(33)19-7-12-22(13-8-19)29(3,4)5/h7-18H,6H2,1-5H3,(H2,30,32,33,35)/t18-/m0/s1. The lowest BCUT2D eigenvalue weighted by atomic mass is 9.87. The van der Waals surface area contributed by atoms with E-state index in [0.717, 1.165) is 28.8 Å². The number of benzene rings is 3. The number of amides is 1. The number of carbonyl (C=O) groups is 1. The number of nitrogens with one attached hydrogen (secondary N) is 2. The molecule has 0 fully saturated rings. The van der Waals surface area contributed by atoms with Gasteiger partial charge in [-0.15, -0.1) is 0 Å². The van der Waals surface area contributed by atoms with Gasteiger partial charge in [0.1, 0.15) is 5.52 Å². The first-order valence-corrected chi connectivity index (χ1v) is 12.3. The molecule has 0 spiro atoms. The van der Waals surface area contributed by atoms with Gasteiger partial charge in [0.15, 0.2) is 10.7 Å². The Balaban J connectivity index is 1.40. The molecule has 1 heterocycles. The van der Waals surface area contributed by atoms with Crippen molar-refractivity contribution in [2.24, 2.45) is 0 Å². The van der Waals surface area contributed by atoms with Crippen LogP contribution in [0.2, 0.25) is 0 Å². The van der Waals surface area contributed by atoms with Gasteiger partial charge in [-0.05, 0) is 89.6 Å². The zero-order valence-electron chi connectivity index (χ0n) is 20.8. The SMILES string of the molecule is CC[C@H](C)c1ccc2oc(-c3ccc(NC(=S)NC(=O)c4ccc(C(C)(C)C)cc4)cc3)nc2c1. The van der Waals surface area contributed by atoms with E-state index in [0.29, 0.717) is 17.4 Å². The summed E-state index contributed by atoms with van der Waals surface area (Å²) >= 11 is 5.34. The van der Waals surface area contributed by atoms with E-state index in [-0.39, 0.29) is 16.4 Å². The van der Waals surface area contributed by atoms with Crippen molar-refractivity contribution >= 4 is 40.0 Å². The van der Waals surface area contributed by atoms with E-state index >= 15 is 0 Å². The van der Waals surface area contributed by atoms with E-state index < -0.39 is 0 Å². The summed E-state index contributed by atoms with van der Waals surface area (Å²) in [5.41, 5.74) is 6.29. The lowest BCUT2D eigenvalue weighted by Crippen LogP contribution is -2.34. The molecule has 0 saturated carbocycles. The Bertz CT molecular complexity index is 1350.